The van der Waals surface area contributed by atoms with Gasteiger partial charge in [-0.3, -0.25) is 4.79 Å². The summed E-state index contributed by atoms with van der Waals surface area (Å²) in [5, 5.41) is 0.658. The number of fused-ring (bicyclic) bond motifs is 2. The molecule has 4 heterocycles. The lowest BCUT2D eigenvalue weighted by molar-refractivity contribution is -0.142. The minimum atomic E-state index is -4.56. The van der Waals surface area contributed by atoms with Gasteiger partial charge in [0.2, 0.25) is 11.8 Å². The van der Waals surface area contributed by atoms with Gasteiger partial charge in [0.05, 0.1) is 30.4 Å². The molecule has 0 radical (unpaired) electrons. The number of benzene rings is 1. The van der Waals surface area contributed by atoms with E-state index in [0.717, 1.165) is 24.1 Å². The zero-order valence-electron chi connectivity index (χ0n) is 21.4. The summed E-state index contributed by atoms with van der Waals surface area (Å²) in [6, 6.07) is 9.69. The van der Waals surface area contributed by atoms with Crippen molar-refractivity contribution in [2.75, 3.05) is 13.7 Å². The number of nitrogens with zero attached hydrogens (tertiary/aromatic N) is 6. The Kier molecular flexibility index (Phi) is 6.08. The Bertz CT molecular complexity index is 1610. The van der Waals surface area contributed by atoms with Gasteiger partial charge in [-0.15, -0.1) is 0 Å². The third-order valence-electron chi connectivity index (χ3n) is 7.21. The second-order valence-electron chi connectivity index (χ2n) is 9.74. The monoisotopic (exact) mass is 534 g/mol. The number of ether oxygens (including phenoxy) is 1. The first-order chi connectivity index (χ1) is 18.8. The summed E-state index contributed by atoms with van der Waals surface area (Å²) >= 11 is 0. The van der Waals surface area contributed by atoms with Crippen LogP contribution in [0.1, 0.15) is 47.1 Å². The molecule has 1 aliphatic heterocycles. The van der Waals surface area contributed by atoms with Crippen molar-refractivity contribution in [3.05, 3.63) is 71.1 Å². The Morgan fingerprint density at radius 1 is 1.13 bits per heavy atom. The lowest BCUT2D eigenvalue weighted by Crippen LogP contribution is -2.37. The van der Waals surface area contributed by atoms with Crippen molar-refractivity contribution in [1.82, 2.24) is 29.4 Å². The average Bonchev–Trinajstić information content (AvgIpc) is 3.75. The zero-order chi connectivity index (χ0) is 27.3. The molecule has 0 saturated heterocycles. The fraction of sp³-hybridized carbons (Fsp3) is 0.321. The number of alkyl halides is 3. The van der Waals surface area contributed by atoms with E-state index >= 15 is 0 Å². The summed E-state index contributed by atoms with van der Waals surface area (Å²) in [4.78, 5) is 31.9. The van der Waals surface area contributed by atoms with E-state index in [1.165, 1.54) is 24.4 Å². The molecule has 39 heavy (non-hydrogen) atoms. The van der Waals surface area contributed by atoms with Gasteiger partial charge < -0.3 is 14.2 Å². The largest absolute Gasteiger partial charge is 0.480 e. The SMILES string of the molecule is COc1ncnc2c1c(/C=C/C(=O)N1CCc3c(nc(C4CC4)nc3C(F)(F)F)C1)c(-c1ccccc1)n2C. The molecule has 6 rings (SSSR count). The van der Waals surface area contributed by atoms with E-state index in [2.05, 4.69) is 19.9 Å². The van der Waals surface area contributed by atoms with Crippen LogP contribution in [0.25, 0.3) is 28.4 Å². The molecule has 0 N–H and O–H groups in total. The lowest BCUT2D eigenvalue weighted by atomic mass is 10.0. The summed E-state index contributed by atoms with van der Waals surface area (Å²) in [7, 11) is 3.40. The maximum atomic E-state index is 13.8. The second-order valence-corrected chi connectivity index (χ2v) is 9.74. The Morgan fingerprint density at radius 2 is 1.90 bits per heavy atom. The topological polar surface area (TPSA) is 86.0 Å². The van der Waals surface area contributed by atoms with Crippen molar-refractivity contribution >= 4 is 23.0 Å². The molecule has 8 nitrogen and oxygen atoms in total. The Balaban J connectivity index is 1.36. The van der Waals surface area contributed by atoms with Crippen molar-refractivity contribution in [3.8, 4) is 17.1 Å². The van der Waals surface area contributed by atoms with Crippen LogP contribution in [-0.2, 0) is 31.0 Å². The molecule has 4 aromatic rings. The molecule has 11 heteroatoms. The van der Waals surface area contributed by atoms with Crippen molar-refractivity contribution < 1.29 is 22.7 Å². The molecule has 2 aliphatic rings. The molecule has 200 valence electrons. The van der Waals surface area contributed by atoms with Gasteiger partial charge >= 0.3 is 6.18 Å². The highest BCUT2D eigenvalue weighted by Gasteiger charge is 2.40. The smallest absolute Gasteiger partial charge is 0.433 e. The first-order valence-electron chi connectivity index (χ1n) is 12.6. The maximum absolute atomic E-state index is 13.8. The van der Waals surface area contributed by atoms with Gasteiger partial charge in [0.25, 0.3) is 0 Å². The van der Waals surface area contributed by atoms with Crippen molar-refractivity contribution in [3.63, 3.8) is 0 Å². The van der Waals surface area contributed by atoms with Gasteiger partial charge in [0, 0.05) is 36.7 Å². The minimum Gasteiger partial charge on any atom is -0.480 e. The van der Waals surface area contributed by atoms with Crippen LogP contribution in [-0.4, -0.2) is 49.0 Å². The van der Waals surface area contributed by atoms with E-state index in [-0.39, 0.29) is 48.4 Å². The third-order valence-corrected chi connectivity index (χ3v) is 7.21. The average molecular weight is 535 g/mol. The summed E-state index contributed by atoms with van der Waals surface area (Å²) in [5.41, 5.74) is 2.59. The van der Waals surface area contributed by atoms with Gasteiger partial charge in [-0.05, 0) is 30.9 Å². The number of carbonyl (C=O) groups excluding carboxylic acids is 1. The fourth-order valence-corrected chi connectivity index (χ4v) is 5.17. The molecule has 0 bridgehead atoms. The highest BCUT2D eigenvalue weighted by molar-refractivity contribution is 6.02. The number of hydrogen-bond acceptors (Lipinski definition) is 6. The summed E-state index contributed by atoms with van der Waals surface area (Å²) < 4.78 is 48.7. The number of amides is 1. The van der Waals surface area contributed by atoms with Crippen LogP contribution in [0, 0.1) is 0 Å². The third kappa shape index (κ3) is 4.51. The standard InChI is InChI=1S/C28H25F3N6O2/c1-36-23(16-6-4-3-5-7-16)19(22-26(36)32-15-33-27(22)39-2)10-11-21(38)37-13-12-18-20(14-37)34-25(17-8-9-17)35-24(18)28(29,30)31/h3-7,10-11,15,17H,8-9,12-14H2,1-2H3/b11-10+. The van der Waals surface area contributed by atoms with Crippen LogP contribution in [0.4, 0.5) is 13.2 Å². The molecule has 3 aromatic heterocycles. The van der Waals surface area contributed by atoms with E-state index in [0.29, 0.717) is 22.5 Å². The molecule has 1 amide bonds. The molecular formula is C28H25F3N6O2. The van der Waals surface area contributed by atoms with Crippen molar-refractivity contribution in [2.24, 2.45) is 7.05 Å². The van der Waals surface area contributed by atoms with E-state index < -0.39 is 11.9 Å². The van der Waals surface area contributed by atoms with Crippen LogP contribution in [0.2, 0.25) is 0 Å². The van der Waals surface area contributed by atoms with Gasteiger partial charge in [0.1, 0.15) is 17.8 Å². The van der Waals surface area contributed by atoms with E-state index in [1.54, 1.807) is 6.08 Å². The number of aromatic nitrogens is 5. The number of hydrogen-bond donors (Lipinski definition) is 0. The number of methoxy groups -OCH3 is 1. The molecule has 1 fully saturated rings. The summed E-state index contributed by atoms with van der Waals surface area (Å²) in [5.74, 6) is 0.233. The van der Waals surface area contributed by atoms with Crippen LogP contribution < -0.4 is 4.74 Å². The minimum absolute atomic E-state index is 0.00264. The van der Waals surface area contributed by atoms with Crippen LogP contribution in [0.5, 0.6) is 5.88 Å². The van der Waals surface area contributed by atoms with Crippen LogP contribution >= 0.6 is 0 Å². The second kappa shape index (κ2) is 9.48. The van der Waals surface area contributed by atoms with Crippen molar-refractivity contribution in [2.45, 2.75) is 37.9 Å². The number of halogens is 3. The Morgan fingerprint density at radius 3 is 2.59 bits per heavy atom. The molecular weight excluding hydrogens is 509 g/mol. The highest BCUT2D eigenvalue weighted by atomic mass is 19.4. The van der Waals surface area contributed by atoms with Crippen LogP contribution in [0.15, 0.2) is 42.7 Å². The number of rotatable bonds is 5. The Hall–Kier alpha value is -4.28. The molecule has 1 saturated carbocycles. The van der Waals surface area contributed by atoms with Gasteiger partial charge in [-0.1, -0.05) is 30.3 Å². The Labute approximate surface area is 222 Å². The maximum Gasteiger partial charge on any atom is 0.433 e. The first kappa shape index (κ1) is 25.0. The van der Waals surface area contributed by atoms with E-state index in [1.807, 2.05) is 41.9 Å². The molecule has 0 unspecified atom stereocenters. The van der Waals surface area contributed by atoms with Crippen LogP contribution in [0.3, 0.4) is 0 Å². The first-order valence-corrected chi connectivity index (χ1v) is 12.6. The quantitative estimate of drug-likeness (QED) is 0.338. The van der Waals surface area contributed by atoms with Gasteiger partial charge in [-0.2, -0.15) is 13.2 Å². The normalized spacial score (nSPS) is 15.7. The number of carbonyl (C=O) groups is 1. The molecule has 0 atom stereocenters. The van der Waals surface area contributed by atoms with E-state index in [9.17, 15) is 18.0 Å². The molecule has 0 spiro atoms. The van der Waals surface area contributed by atoms with Gasteiger partial charge in [0.15, 0.2) is 5.69 Å². The van der Waals surface area contributed by atoms with Gasteiger partial charge in [-0.25, -0.2) is 19.9 Å². The summed E-state index contributed by atoms with van der Waals surface area (Å²) in [6.45, 7) is 0.135. The fourth-order valence-electron chi connectivity index (χ4n) is 5.17. The predicted molar refractivity (Wildman–Crippen MR) is 138 cm³/mol. The lowest BCUT2D eigenvalue weighted by Gasteiger charge is -2.29. The molecule has 1 aliphatic carbocycles. The summed E-state index contributed by atoms with van der Waals surface area (Å²) in [6.07, 6.45) is 1.60. The van der Waals surface area contributed by atoms with Crippen molar-refractivity contribution in [1.29, 1.82) is 0 Å². The van der Waals surface area contributed by atoms with E-state index in [4.69, 9.17) is 4.74 Å². The number of aryl methyl sites for hydroxylation is 1. The predicted octanol–water partition coefficient (Wildman–Crippen LogP) is 4.93. The molecule has 1 aromatic carbocycles. The zero-order valence-corrected chi connectivity index (χ0v) is 21.4. The highest BCUT2D eigenvalue weighted by Crippen LogP contribution is 2.41.